The summed E-state index contributed by atoms with van der Waals surface area (Å²) in [5.41, 5.74) is -0.0401. The van der Waals surface area contributed by atoms with Crippen molar-refractivity contribution in [2.45, 2.75) is 32.9 Å². The van der Waals surface area contributed by atoms with Gasteiger partial charge in [0.15, 0.2) is 28.3 Å². The Balaban J connectivity index is 1.79. The molecule has 1 aromatic heterocycles. The van der Waals surface area contributed by atoms with Gasteiger partial charge in [0.05, 0.1) is 0 Å². The van der Waals surface area contributed by atoms with Crippen molar-refractivity contribution in [2.75, 3.05) is 6.54 Å². The topological polar surface area (TPSA) is 29.5 Å². The monoisotopic (exact) mass is 391 g/mol. The number of nitrogens with zero attached hydrogens (tertiary/aromatic N) is 1. The van der Waals surface area contributed by atoms with Crippen LogP contribution >= 0.6 is 11.3 Å². The number of esters is 1. The first-order valence-electron chi connectivity index (χ1n) is 7.86. The highest BCUT2D eigenvalue weighted by atomic mass is 32.1. The molecule has 1 aromatic carbocycles. The van der Waals surface area contributed by atoms with E-state index in [4.69, 9.17) is 4.74 Å². The maximum Gasteiger partial charge on any atom is 0.311 e. The van der Waals surface area contributed by atoms with Crippen LogP contribution in [-0.4, -0.2) is 17.4 Å². The molecule has 0 atom stereocenters. The van der Waals surface area contributed by atoms with Crippen LogP contribution in [0.4, 0.5) is 22.0 Å². The van der Waals surface area contributed by atoms with Crippen molar-refractivity contribution < 1.29 is 31.5 Å². The Hall–Kier alpha value is -2.00. The number of carbonyl (C=O) groups excluding carboxylic acids is 1. The Labute approximate surface area is 150 Å². The van der Waals surface area contributed by atoms with E-state index in [1.54, 1.807) is 17.9 Å². The fraction of sp³-hybridized carbons (Fsp3) is 0.353. The van der Waals surface area contributed by atoms with E-state index in [0.29, 0.717) is 18.0 Å². The smallest absolute Gasteiger partial charge is 0.311 e. The molecule has 140 valence electrons. The average molecular weight is 391 g/mol. The summed E-state index contributed by atoms with van der Waals surface area (Å²) in [5.74, 6) is -10.0. The van der Waals surface area contributed by atoms with E-state index in [9.17, 15) is 26.7 Å². The van der Waals surface area contributed by atoms with E-state index in [0.717, 1.165) is 10.4 Å². The zero-order valence-corrected chi connectivity index (χ0v) is 14.5. The molecule has 0 saturated carbocycles. The van der Waals surface area contributed by atoms with Gasteiger partial charge in [0.25, 0.3) is 0 Å². The van der Waals surface area contributed by atoms with Gasteiger partial charge in [-0.15, -0.1) is 11.3 Å². The summed E-state index contributed by atoms with van der Waals surface area (Å²) in [7, 11) is 0. The third-order valence-electron chi connectivity index (χ3n) is 4.11. The summed E-state index contributed by atoms with van der Waals surface area (Å²) in [4.78, 5) is 13.9. The lowest BCUT2D eigenvalue weighted by molar-refractivity contribution is -0.133. The van der Waals surface area contributed by atoms with Gasteiger partial charge in [-0.3, -0.25) is 9.69 Å². The zero-order valence-electron chi connectivity index (χ0n) is 13.7. The molecule has 0 radical (unpaired) electrons. The number of ether oxygens (including phenoxy) is 1. The van der Waals surface area contributed by atoms with Crippen molar-refractivity contribution in [3.8, 4) is 5.06 Å². The van der Waals surface area contributed by atoms with Gasteiger partial charge in [-0.25, -0.2) is 22.0 Å². The van der Waals surface area contributed by atoms with Gasteiger partial charge in [0.2, 0.25) is 5.82 Å². The number of hydrogen-bond donors (Lipinski definition) is 0. The van der Waals surface area contributed by atoms with Crippen LogP contribution in [0.5, 0.6) is 5.06 Å². The average Bonchev–Trinajstić information content (AvgIpc) is 3.03. The van der Waals surface area contributed by atoms with Gasteiger partial charge in [-0.1, -0.05) is 6.92 Å². The predicted molar refractivity (Wildman–Crippen MR) is 84.3 cm³/mol. The van der Waals surface area contributed by atoms with Crippen LogP contribution in [0.3, 0.4) is 0 Å². The third kappa shape index (κ3) is 3.45. The highest BCUT2D eigenvalue weighted by molar-refractivity contribution is 7.14. The molecule has 26 heavy (non-hydrogen) atoms. The predicted octanol–water partition coefficient (Wildman–Crippen LogP) is 4.32. The SMILES string of the molecule is CCC(=O)Oc1cc2c(s1)CCN(Cc1c(F)c(F)c(F)c(F)c1F)C2. The molecule has 0 saturated heterocycles. The zero-order chi connectivity index (χ0) is 19.0. The lowest BCUT2D eigenvalue weighted by Gasteiger charge is -2.27. The standard InChI is InChI=1S/C17H14F5NO2S/c1-2-11(24)25-12-5-8-6-23(4-3-10(8)26-12)7-9-13(18)15(20)17(22)16(21)14(9)19/h5H,2-4,6-7H2,1H3. The van der Waals surface area contributed by atoms with Crippen LogP contribution in [0, 0.1) is 29.1 Å². The maximum absolute atomic E-state index is 13.8. The fourth-order valence-corrected chi connectivity index (χ4v) is 3.77. The highest BCUT2D eigenvalue weighted by Crippen LogP contribution is 2.34. The number of halogens is 5. The van der Waals surface area contributed by atoms with Crippen molar-refractivity contribution in [2.24, 2.45) is 0 Å². The number of fused-ring (bicyclic) bond motifs is 1. The Morgan fingerprint density at radius 3 is 2.35 bits per heavy atom. The Morgan fingerprint density at radius 2 is 1.73 bits per heavy atom. The van der Waals surface area contributed by atoms with Crippen LogP contribution in [-0.2, 0) is 24.3 Å². The van der Waals surface area contributed by atoms with Gasteiger partial charge < -0.3 is 4.74 Å². The molecule has 9 heteroatoms. The largest absolute Gasteiger partial charge is 0.415 e. The molecule has 0 aliphatic carbocycles. The molecule has 1 aliphatic heterocycles. The Bertz CT molecular complexity index is 838. The summed E-state index contributed by atoms with van der Waals surface area (Å²) in [6.45, 7) is 1.90. The third-order valence-corrected chi connectivity index (χ3v) is 5.22. The van der Waals surface area contributed by atoms with Gasteiger partial charge in [-0.05, 0) is 18.1 Å². The van der Waals surface area contributed by atoms with Crippen LogP contribution in [0.25, 0.3) is 0 Å². The van der Waals surface area contributed by atoms with Crippen LogP contribution in [0.2, 0.25) is 0 Å². The molecule has 3 rings (SSSR count). The van der Waals surface area contributed by atoms with Gasteiger partial charge in [0.1, 0.15) is 0 Å². The second-order valence-electron chi connectivity index (χ2n) is 5.85. The van der Waals surface area contributed by atoms with E-state index < -0.39 is 41.2 Å². The molecule has 0 unspecified atom stereocenters. The quantitative estimate of drug-likeness (QED) is 0.337. The first kappa shape index (κ1) is 18.8. The van der Waals surface area contributed by atoms with Gasteiger partial charge in [-0.2, -0.15) is 0 Å². The molecule has 3 nitrogen and oxygen atoms in total. The molecule has 0 fully saturated rings. The first-order chi connectivity index (χ1) is 12.3. The second-order valence-corrected chi connectivity index (χ2v) is 6.95. The minimum absolute atomic E-state index is 0.231. The number of rotatable bonds is 4. The lowest BCUT2D eigenvalue weighted by Crippen LogP contribution is -2.30. The molecular weight excluding hydrogens is 377 g/mol. The minimum Gasteiger partial charge on any atom is -0.415 e. The van der Waals surface area contributed by atoms with E-state index >= 15 is 0 Å². The fourth-order valence-electron chi connectivity index (χ4n) is 2.75. The van der Waals surface area contributed by atoms with Crippen molar-refractivity contribution in [3.05, 3.63) is 51.2 Å². The molecule has 2 heterocycles. The summed E-state index contributed by atoms with van der Waals surface area (Å²) in [6, 6.07) is 1.66. The molecule has 0 amide bonds. The maximum atomic E-state index is 13.8. The summed E-state index contributed by atoms with van der Waals surface area (Å²) < 4.78 is 72.6. The van der Waals surface area contributed by atoms with Gasteiger partial charge >= 0.3 is 5.97 Å². The molecule has 0 spiro atoms. The van der Waals surface area contributed by atoms with E-state index in [2.05, 4.69) is 0 Å². The van der Waals surface area contributed by atoms with Crippen molar-refractivity contribution in [3.63, 3.8) is 0 Å². The van der Waals surface area contributed by atoms with E-state index in [1.807, 2.05) is 0 Å². The van der Waals surface area contributed by atoms with Crippen molar-refractivity contribution in [1.29, 1.82) is 0 Å². The molecule has 0 N–H and O–H groups in total. The molecule has 2 aromatic rings. The minimum atomic E-state index is -2.16. The van der Waals surface area contributed by atoms with E-state index in [-0.39, 0.29) is 18.9 Å². The van der Waals surface area contributed by atoms with Gasteiger partial charge in [0, 0.05) is 36.5 Å². The second kappa shape index (κ2) is 7.32. The first-order valence-corrected chi connectivity index (χ1v) is 8.68. The number of hydrogen-bond acceptors (Lipinski definition) is 4. The number of carbonyl (C=O) groups is 1. The highest BCUT2D eigenvalue weighted by Gasteiger charge is 2.28. The number of thiophene rings is 1. The normalized spacial score (nSPS) is 14.4. The molecular formula is C17H14F5NO2S. The van der Waals surface area contributed by atoms with Crippen LogP contribution in [0.15, 0.2) is 6.07 Å². The summed E-state index contributed by atoms with van der Waals surface area (Å²) in [5, 5.41) is 0.430. The van der Waals surface area contributed by atoms with Crippen molar-refractivity contribution >= 4 is 17.3 Å². The van der Waals surface area contributed by atoms with Crippen LogP contribution < -0.4 is 4.74 Å². The molecule has 1 aliphatic rings. The molecule has 0 bridgehead atoms. The van der Waals surface area contributed by atoms with Crippen molar-refractivity contribution in [1.82, 2.24) is 4.90 Å². The Kier molecular flexibility index (Phi) is 5.29. The summed E-state index contributed by atoms with van der Waals surface area (Å²) >= 11 is 1.31. The lowest BCUT2D eigenvalue weighted by atomic mass is 10.1. The van der Waals surface area contributed by atoms with E-state index in [1.165, 1.54) is 11.3 Å². The Morgan fingerprint density at radius 1 is 1.12 bits per heavy atom. The summed E-state index contributed by atoms with van der Waals surface area (Å²) in [6.07, 6.45) is 0.758. The van der Waals surface area contributed by atoms with Crippen LogP contribution in [0.1, 0.15) is 29.3 Å². The number of benzene rings is 1.